The highest BCUT2D eigenvalue weighted by Crippen LogP contribution is 2.33. The lowest BCUT2D eigenvalue weighted by atomic mass is 9.98. The molecule has 20 heavy (non-hydrogen) atoms. The van der Waals surface area contributed by atoms with E-state index in [1.54, 1.807) is 6.07 Å². The van der Waals surface area contributed by atoms with Gasteiger partial charge in [-0.1, -0.05) is 30.5 Å². The minimum absolute atomic E-state index is 0.117. The van der Waals surface area contributed by atoms with Crippen LogP contribution in [0.1, 0.15) is 37.2 Å². The minimum Gasteiger partial charge on any atom is -0.322 e. The van der Waals surface area contributed by atoms with Crippen molar-refractivity contribution < 1.29 is 4.39 Å². The average Bonchev–Trinajstić information content (AvgIpc) is 2.95. The van der Waals surface area contributed by atoms with Crippen LogP contribution in [0.25, 0.3) is 11.3 Å². The van der Waals surface area contributed by atoms with Gasteiger partial charge in [0.2, 0.25) is 0 Å². The Labute approximate surface area is 121 Å². The van der Waals surface area contributed by atoms with E-state index in [0.29, 0.717) is 22.2 Å². The first-order chi connectivity index (χ1) is 9.65. The van der Waals surface area contributed by atoms with Crippen LogP contribution < -0.4 is 5.56 Å². The van der Waals surface area contributed by atoms with Gasteiger partial charge in [-0.2, -0.15) is 0 Å². The monoisotopic (exact) mass is 291 g/mol. The lowest BCUT2D eigenvalue weighted by Crippen LogP contribution is -2.15. The third-order valence-corrected chi connectivity index (χ3v) is 4.19. The van der Waals surface area contributed by atoms with Crippen molar-refractivity contribution in [2.75, 3.05) is 0 Å². The molecule has 0 saturated heterocycles. The van der Waals surface area contributed by atoms with Crippen molar-refractivity contribution in [2.45, 2.75) is 31.6 Å². The first-order valence-corrected chi connectivity index (χ1v) is 7.21. The molecule has 3 rings (SSSR count). The van der Waals surface area contributed by atoms with E-state index in [1.807, 2.05) is 6.07 Å². The molecule has 0 spiro atoms. The first kappa shape index (κ1) is 13.4. The Balaban J connectivity index is 2.01. The van der Waals surface area contributed by atoms with Gasteiger partial charge in [0.05, 0.1) is 5.69 Å². The van der Waals surface area contributed by atoms with Crippen LogP contribution in [0.5, 0.6) is 0 Å². The molecule has 1 aliphatic carbocycles. The number of H-pyrrole nitrogens is 1. The molecule has 0 amide bonds. The topological polar surface area (TPSA) is 32.9 Å². The van der Waals surface area contributed by atoms with Crippen LogP contribution in [0.4, 0.5) is 4.39 Å². The van der Waals surface area contributed by atoms with E-state index in [0.717, 1.165) is 18.4 Å². The number of benzene rings is 1. The fourth-order valence-corrected chi connectivity index (χ4v) is 3.08. The van der Waals surface area contributed by atoms with E-state index < -0.39 is 5.82 Å². The lowest BCUT2D eigenvalue weighted by molar-refractivity contribution is 0.630. The summed E-state index contributed by atoms with van der Waals surface area (Å²) >= 11 is 5.88. The zero-order valence-corrected chi connectivity index (χ0v) is 11.7. The highest BCUT2D eigenvalue weighted by molar-refractivity contribution is 6.30. The van der Waals surface area contributed by atoms with E-state index in [9.17, 15) is 9.18 Å². The van der Waals surface area contributed by atoms with Gasteiger partial charge in [0.15, 0.2) is 0 Å². The Morgan fingerprint density at radius 2 is 1.90 bits per heavy atom. The highest BCUT2D eigenvalue weighted by atomic mass is 35.5. The molecule has 2 aromatic rings. The van der Waals surface area contributed by atoms with Gasteiger partial charge in [0.1, 0.15) is 5.82 Å². The van der Waals surface area contributed by atoms with E-state index in [1.165, 1.54) is 31.0 Å². The number of hydrogen-bond donors (Lipinski definition) is 1. The summed E-state index contributed by atoms with van der Waals surface area (Å²) in [6, 6.07) is 7.91. The average molecular weight is 292 g/mol. The molecule has 2 nitrogen and oxygen atoms in total. The molecule has 1 aromatic carbocycles. The van der Waals surface area contributed by atoms with Crippen LogP contribution >= 0.6 is 11.6 Å². The lowest BCUT2D eigenvalue weighted by Gasteiger charge is -2.10. The van der Waals surface area contributed by atoms with Crippen molar-refractivity contribution in [3.05, 3.63) is 57.1 Å². The third kappa shape index (κ3) is 2.50. The summed E-state index contributed by atoms with van der Waals surface area (Å²) in [5, 5.41) is 0.446. The third-order valence-electron chi connectivity index (χ3n) is 3.95. The summed E-state index contributed by atoms with van der Waals surface area (Å²) in [6.45, 7) is 0. The summed E-state index contributed by atoms with van der Waals surface area (Å²) in [6.07, 6.45) is 4.48. The predicted molar refractivity (Wildman–Crippen MR) is 78.7 cm³/mol. The van der Waals surface area contributed by atoms with E-state index in [4.69, 9.17) is 11.6 Å². The molecule has 0 unspecified atom stereocenters. The first-order valence-electron chi connectivity index (χ1n) is 6.84. The number of rotatable bonds is 2. The summed E-state index contributed by atoms with van der Waals surface area (Å²) < 4.78 is 13.8. The molecular weight excluding hydrogens is 277 g/mol. The zero-order valence-electron chi connectivity index (χ0n) is 11.0. The normalized spacial score (nSPS) is 15.7. The number of hydrogen-bond acceptors (Lipinski definition) is 1. The molecule has 0 aliphatic heterocycles. The van der Waals surface area contributed by atoms with Crippen molar-refractivity contribution in [1.29, 1.82) is 0 Å². The van der Waals surface area contributed by atoms with Gasteiger partial charge >= 0.3 is 0 Å². The van der Waals surface area contributed by atoms with Crippen molar-refractivity contribution in [1.82, 2.24) is 4.98 Å². The second-order valence-corrected chi connectivity index (χ2v) is 5.70. The van der Waals surface area contributed by atoms with E-state index >= 15 is 0 Å². The molecule has 104 valence electrons. The molecule has 1 saturated carbocycles. The van der Waals surface area contributed by atoms with Gasteiger partial charge in [-0.25, -0.2) is 4.39 Å². The number of aromatic amines is 1. The second-order valence-electron chi connectivity index (χ2n) is 5.26. The zero-order chi connectivity index (χ0) is 14.1. The molecule has 1 aliphatic rings. The largest absolute Gasteiger partial charge is 0.322 e. The smallest absolute Gasteiger partial charge is 0.251 e. The number of aromatic nitrogens is 1. The molecular formula is C16H15ClFNO. The molecule has 4 heteroatoms. The van der Waals surface area contributed by atoms with Gasteiger partial charge < -0.3 is 4.98 Å². The van der Waals surface area contributed by atoms with Crippen molar-refractivity contribution in [3.63, 3.8) is 0 Å². The quantitative estimate of drug-likeness (QED) is 0.868. The second kappa shape index (κ2) is 5.41. The minimum atomic E-state index is -0.390. The molecule has 1 fully saturated rings. The fraction of sp³-hybridized carbons (Fsp3) is 0.312. The molecule has 0 radical (unpaired) electrons. The maximum atomic E-state index is 13.8. The maximum absolute atomic E-state index is 13.8. The van der Waals surface area contributed by atoms with Crippen molar-refractivity contribution >= 4 is 11.6 Å². The van der Waals surface area contributed by atoms with Crippen molar-refractivity contribution in [2.24, 2.45) is 0 Å². The van der Waals surface area contributed by atoms with Gasteiger partial charge in [-0.05, 0) is 43.0 Å². The van der Waals surface area contributed by atoms with Gasteiger partial charge in [-0.3, -0.25) is 4.79 Å². The SMILES string of the molecule is O=c1[nH]c(-c2cc(Cl)ccc2F)ccc1C1CCCC1. The van der Waals surface area contributed by atoms with E-state index in [2.05, 4.69) is 4.98 Å². The molecule has 1 heterocycles. The van der Waals surface area contributed by atoms with Gasteiger partial charge in [0, 0.05) is 16.1 Å². The summed E-state index contributed by atoms with van der Waals surface area (Å²) in [4.78, 5) is 15.0. The Kier molecular flexibility index (Phi) is 3.62. The van der Waals surface area contributed by atoms with Crippen LogP contribution in [0.15, 0.2) is 35.1 Å². The Hall–Kier alpha value is -1.61. The number of halogens is 2. The predicted octanol–water partition coefficient (Wildman–Crippen LogP) is 4.49. The summed E-state index contributed by atoms with van der Waals surface area (Å²) in [7, 11) is 0. The van der Waals surface area contributed by atoms with E-state index in [-0.39, 0.29) is 5.56 Å². The Morgan fingerprint density at radius 1 is 1.15 bits per heavy atom. The highest BCUT2D eigenvalue weighted by Gasteiger charge is 2.20. The van der Waals surface area contributed by atoms with Crippen LogP contribution in [0.3, 0.4) is 0 Å². The van der Waals surface area contributed by atoms with Crippen LogP contribution in [0, 0.1) is 5.82 Å². The van der Waals surface area contributed by atoms with Crippen LogP contribution in [-0.4, -0.2) is 4.98 Å². The standard InChI is InChI=1S/C16H15ClFNO/c17-11-5-7-14(18)13(9-11)15-8-6-12(16(20)19-15)10-3-1-2-4-10/h5-10H,1-4H2,(H,19,20). The van der Waals surface area contributed by atoms with Crippen LogP contribution in [-0.2, 0) is 0 Å². The van der Waals surface area contributed by atoms with Gasteiger partial charge in [-0.15, -0.1) is 0 Å². The summed E-state index contributed by atoms with van der Waals surface area (Å²) in [5.41, 5.74) is 1.49. The molecule has 0 atom stereocenters. The summed E-state index contributed by atoms with van der Waals surface area (Å²) in [5.74, 6) is -0.0457. The van der Waals surface area contributed by atoms with Crippen LogP contribution in [0.2, 0.25) is 5.02 Å². The molecule has 0 bridgehead atoms. The molecule has 1 aromatic heterocycles. The molecule has 1 N–H and O–H groups in total. The van der Waals surface area contributed by atoms with Crippen molar-refractivity contribution in [3.8, 4) is 11.3 Å². The fourth-order valence-electron chi connectivity index (χ4n) is 2.90. The number of pyridine rings is 1. The number of nitrogens with one attached hydrogen (secondary N) is 1. The Bertz CT molecular complexity index is 689. The van der Waals surface area contributed by atoms with Gasteiger partial charge in [0.25, 0.3) is 5.56 Å². The maximum Gasteiger partial charge on any atom is 0.251 e. The Morgan fingerprint density at radius 3 is 2.60 bits per heavy atom.